The summed E-state index contributed by atoms with van der Waals surface area (Å²) >= 11 is 0. The Balaban J connectivity index is 2.51. The molecule has 0 bridgehead atoms. The summed E-state index contributed by atoms with van der Waals surface area (Å²) in [7, 11) is 0. The van der Waals surface area contributed by atoms with Crippen LogP contribution in [-0.4, -0.2) is 37.4 Å². The van der Waals surface area contributed by atoms with Gasteiger partial charge in [0.1, 0.15) is 0 Å². The van der Waals surface area contributed by atoms with Crippen LogP contribution >= 0.6 is 0 Å². The minimum atomic E-state index is -0.322. The van der Waals surface area contributed by atoms with Crippen molar-refractivity contribution < 1.29 is 5.11 Å². The summed E-state index contributed by atoms with van der Waals surface area (Å²) < 4.78 is 0. The molecule has 1 aromatic carbocycles. The quantitative estimate of drug-likeness (QED) is 0.694. The zero-order valence-corrected chi connectivity index (χ0v) is 11.8. The number of likely N-dealkylation sites (N-methyl/N-ethyl adjacent to an activating group) is 1. The second-order valence-corrected chi connectivity index (χ2v) is 4.74. The number of rotatable bonds is 8. The van der Waals surface area contributed by atoms with Crippen LogP contribution in [0.1, 0.15) is 25.8 Å². The molecule has 0 saturated carbocycles. The van der Waals surface area contributed by atoms with E-state index < -0.39 is 0 Å². The Bertz CT molecular complexity index is 341. The van der Waals surface area contributed by atoms with E-state index in [1.165, 1.54) is 11.3 Å². The highest BCUT2D eigenvalue weighted by Gasteiger charge is 2.10. The summed E-state index contributed by atoms with van der Waals surface area (Å²) in [6.07, 6.45) is 0.777. The number of anilines is 1. The van der Waals surface area contributed by atoms with E-state index in [2.05, 4.69) is 55.3 Å². The first-order chi connectivity index (χ1) is 8.67. The van der Waals surface area contributed by atoms with Crippen molar-refractivity contribution in [3.05, 3.63) is 29.8 Å². The van der Waals surface area contributed by atoms with Gasteiger partial charge in [0.25, 0.3) is 0 Å². The van der Waals surface area contributed by atoms with Crippen molar-refractivity contribution in [2.45, 2.75) is 33.3 Å². The third kappa shape index (κ3) is 5.07. The van der Waals surface area contributed by atoms with Gasteiger partial charge in [0, 0.05) is 25.3 Å². The van der Waals surface area contributed by atoms with Crippen LogP contribution in [0.2, 0.25) is 0 Å². The van der Waals surface area contributed by atoms with Crippen LogP contribution in [0.25, 0.3) is 0 Å². The fraction of sp³-hybridized carbons (Fsp3) is 0.600. The highest BCUT2D eigenvalue weighted by atomic mass is 16.3. The molecule has 0 radical (unpaired) electrons. The van der Waals surface area contributed by atoms with E-state index in [4.69, 9.17) is 0 Å². The number of aliphatic hydroxyl groups excluding tert-OH is 1. The van der Waals surface area contributed by atoms with Crippen molar-refractivity contribution in [3.63, 3.8) is 0 Å². The van der Waals surface area contributed by atoms with Gasteiger partial charge >= 0.3 is 0 Å². The molecule has 0 heterocycles. The summed E-state index contributed by atoms with van der Waals surface area (Å²) in [5.74, 6) is 0. The molecule has 0 aliphatic rings. The zero-order chi connectivity index (χ0) is 13.4. The number of hydrogen-bond donors (Lipinski definition) is 2. The normalized spacial score (nSPS) is 12.4. The van der Waals surface area contributed by atoms with Crippen LogP contribution in [0.5, 0.6) is 0 Å². The molecule has 2 N–H and O–H groups in total. The van der Waals surface area contributed by atoms with Gasteiger partial charge in [-0.1, -0.05) is 19.1 Å². The van der Waals surface area contributed by atoms with Crippen LogP contribution < -0.4 is 10.2 Å². The second kappa shape index (κ2) is 8.11. The second-order valence-electron chi connectivity index (χ2n) is 4.74. The summed E-state index contributed by atoms with van der Waals surface area (Å²) in [4.78, 5) is 2.21. The molecule has 1 unspecified atom stereocenters. The molecule has 1 rings (SSSR count). The van der Waals surface area contributed by atoms with Crippen molar-refractivity contribution >= 4 is 5.69 Å². The molecule has 0 aliphatic heterocycles. The number of benzene rings is 1. The third-order valence-corrected chi connectivity index (χ3v) is 2.99. The molecule has 0 saturated heterocycles. The zero-order valence-electron chi connectivity index (χ0n) is 11.8. The number of nitrogens with one attached hydrogen (secondary N) is 1. The van der Waals surface area contributed by atoms with Crippen molar-refractivity contribution in [3.8, 4) is 0 Å². The van der Waals surface area contributed by atoms with Gasteiger partial charge in [0.2, 0.25) is 0 Å². The summed E-state index contributed by atoms with van der Waals surface area (Å²) in [6, 6.07) is 8.42. The molecular formula is C15H26N2O. The van der Waals surface area contributed by atoms with Gasteiger partial charge in [0.05, 0.1) is 6.10 Å². The largest absolute Gasteiger partial charge is 0.390 e. The minimum Gasteiger partial charge on any atom is -0.390 e. The highest BCUT2D eigenvalue weighted by molar-refractivity contribution is 5.48. The molecule has 1 aromatic rings. The van der Waals surface area contributed by atoms with Crippen LogP contribution in [-0.2, 0) is 0 Å². The first-order valence-electron chi connectivity index (χ1n) is 6.87. The minimum absolute atomic E-state index is 0.322. The van der Waals surface area contributed by atoms with E-state index >= 15 is 0 Å². The van der Waals surface area contributed by atoms with E-state index in [0.29, 0.717) is 13.1 Å². The van der Waals surface area contributed by atoms with Gasteiger partial charge in [-0.25, -0.2) is 0 Å². The predicted molar refractivity (Wildman–Crippen MR) is 78.2 cm³/mol. The fourth-order valence-corrected chi connectivity index (χ4v) is 2.01. The Hall–Kier alpha value is -1.06. The van der Waals surface area contributed by atoms with Crippen LogP contribution in [0.4, 0.5) is 5.69 Å². The molecule has 3 heteroatoms. The summed E-state index contributed by atoms with van der Waals surface area (Å²) in [5.41, 5.74) is 2.44. The van der Waals surface area contributed by atoms with Gasteiger partial charge in [-0.2, -0.15) is 0 Å². The van der Waals surface area contributed by atoms with Crippen molar-refractivity contribution in [1.29, 1.82) is 0 Å². The van der Waals surface area contributed by atoms with Crippen molar-refractivity contribution in [2.75, 3.05) is 31.1 Å². The monoisotopic (exact) mass is 250 g/mol. The van der Waals surface area contributed by atoms with Gasteiger partial charge < -0.3 is 15.3 Å². The van der Waals surface area contributed by atoms with E-state index in [1.54, 1.807) is 0 Å². The average Bonchev–Trinajstić information content (AvgIpc) is 2.36. The molecule has 1 atom stereocenters. The predicted octanol–water partition coefficient (Wildman–Crippen LogP) is 2.18. The maximum Gasteiger partial charge on any atom is 0.0839 e. The Morgan fingerprint density at radius 3 is 2.72 bits per heavy atom. The molecule has 0 amide bonds. The standard InChI is InChI=1S/C15H26N2O/c1-4-9-16-11-15(18)12-17(5-2)14-8-6-7-13(3)10-14/h6-8,10,15-16,18H,4-5,9,11-12H2,1-3H3. The fourth-order valence-electron chi connectivity index (χ4n) is 2.01. The summed E-state index contributed by atoms with van der Waals surface area (Å²) in [5, 5.41) is 13.3. The van der Waals surface area contributed by atoms with E-state index in [-0.39, 0.29) is 6.10 Å². The summed E-state index contributed by atoms with van der Waals surface area (Å²) in [6.45, 7) is 9.56. The molecule has 0 fully saturated rings. The number of hydrogen-bond acceptors (Lipinski definition) is 3. The Kier molecular flexibility index (Phi) is 6.76. The Morgan fingerprint density at radius 2 is 2.11 bits per heavy atom. The van der Waals surface area contributed by atoms with Crippen molar-refractivity contribution in [2.24, 2.45) is 0 Å². The number of aryl methyl sites for hydroxylation is 1. The SMILES string of the molecule is CCCNCC(O)CN(CC)c1cccc(C)c1. The van der Waals surface area contributed by atoms with Gasteiger partial charge in [-0.3, -0.25) is 0 Å². The Morgan fingerprint density at radius 1 is 1.33 bits per heavy atom. The third-order valence-electron chi connectivity index (χ3n) is 2.99. The van der Waals surface area contributed by atoms with E-state index in [9.17, 15) is 5.11 Å². The lowest BCUT2D eigenvalue weighted by atomic mass is 10.2. The van der Waals surface area contributed by atoms with E-state index in [1.807, 2.05) is 0 Å². The van der Waals surface area contributed by atoms with Crippen LogP contribution in [0.15, 0.2) is 24.3 Å². The highest BCUT2D eigenvalue weighted by Crippen LogP contribution is 2.15. The molecule has 0 aliphatic carbocycles. The molecule has 18 heavy (non-hydrogen) atoms. The molecule has 0 spiro atoms. The Labute approximate surface area is 111 Å². The lowest BCUT2D eigenvalue weighted by Gasteiger charge is -2.26. The molecular weight excluding hydrogens is 224 g/mol. The first kappa shape index (κ1) is 15.0. The molecule has 102 valence electrons. The molecule has 3 nitrogen and oxygen atoms in total. The molecule has 0 aromatic heterocycles. The van der Waals surface area contributed by atoms with Gasteiger partial charge in [0.15, 0.2) is 0 Å². The topological polar surface area (TPSA) is 35.5 Å². The van der Waals surface area contributed by atoms with Crippen LogP contribution in [0, 0.1) is 6.92 Å². The smallest absolute Gasteiger partial charge is 0.0839 e. The lowest BCUT2D eigenvalue weighted by Crippen LogP contribution is -2.38. The van der Waals surface area contributed by atoms with Crippen LogP contribution in [0.3, 0.4) is 0 Å². The average molecular weight is 250 g/mol. The maximum absolute atomic E-state index is 10.0. The number of aliphatic hydroxyl groups is 1. The first-order valence-corrected chi connectivity index (χ1v) is 6.87. The van der Waals surface area contributed by atoms with Gasteiger partial charge in [-0.15, -0.1) is 0 Å². The van der Waals surface area contributed by atoms with Crippen molar-refractivity contribution in [1.82, 2.24) is 5.32 Å². The van der Waals surface area contributed by atoms with E-state index in [0.717, 1.165) is 19.5 Å². The number of nitrogens with zero attached hydrogens (tertiary/aromatic N) is 1. The van der Waals surface area contributed by atoms with Gasteiger partial charge in [-0.05, 0) is 44.5 Å². The maximum atomic E-state index is 10.0. The lowest BCUT2D eigenvalue weighted by molar-refractivity contribution is 0.177.